The van der Waals surface area contributed by atoms with Crippen molar-refractivity contribution >= 4 is 23.4 Å². The van der Waals surface area contributed by atoms with Crippen molar-refractivity contribution in [1.29, 1.82) is 0 Å². The van der Waals surface area contributed by atoms with Crippen molar-refractivity contribution in [1.82, 2.24) is 10.2 Å². The summed E-state index contributed by atoms with van der Waals surface area (Å²) in [6, 6.07) is 3.64. The van der Waals surface area contributed by atoms with Gasteiger partial charge < -0.3 is 10.6 Å². The van der Waals surface area contributed by atoms with Crippen molar-refractivity contribution in [3.05, 3.63) is 29.6 Å². The van der Waals surface area contributed by atoms with E-state index in [0.717, 1.165) is 11.0 Å². The molecule has 1 aliphatic rings. The Morgan fingerprint density at radius 3 is 2.65 bits per heavy atom. The van der Waals surface area contributed by atoms with Gasteiger partial charge in [-0.2, -0.15) is 0 Å². The summed E-state index contributed by atoms with van der Waals surface area (Å²) >= 11 is 0. The van der Waals surface area contributed by atoms with E-state index in [1.54, 1.807) is 0 Å². The molecule has 0 atom stereocenters. The van der Waals surface area contributed by atoms with Crippen LogP contribution >= 0.6 is 0 Å². The van der Waals surface area contributed by atoms with E-state index >= 15 is 0 Å². The summed E-state index contributed by atoms with van der Waals surface area (Å²) in [7, 11) is 0. The molecule has 0 spiro atoms. The minimum Gasteiger partial charge on any atom is -0.399 e. The molecular formula is C13H14FN3O3. The lowest BCUT2D eigenvalue weighted by molar-refractivity contribution is -0.143. The average molecular weight is 279 g/mol. The summed E-state index contributed by atoms with van der Waals surface area (Å²) in [5.74, 6) is -2.71. The van der Waals surface area contributed by atoms with Crippen LogP contribution in [0.15, 0.2) is 18.2 Å². The maximum Gasteiger partial charge on any atom is 0.258 e. The number of nitrogen functional groups attached to an aromatic ring is 1. The molecule has 0 radical (unpaired) electrons. The molecule has 1 heterocycles. The van der Waals surface area contributed by atoms with Gasteiger partial charge in [0.25, 0.3) is 11.8 Å². The molecule has 0 aliphatic carbocycles. The molecule has 7 heteroatoms. The SMILES string of the molecule is CC1(C)C(=O)NC(=O)CN1C(=O)c1ccc(N)cc1F. The van der Waals surface area contributed by atoms with Crippen molar-refractivity contribution in [3.63, 3.8) is 0 Å². The number of amides is 3. The Hall–Kier alpha value is -2.44. The minimum atomic E-state index is -1.24. The zero-order valence-corrected chi connectivity index (χ0v) is 11.1. The molecule has 2 rings (SSSR count). The van der Waals surface area contributed by atoms with Crippen molar-refractivity contribution < 1.29 is 18.8 Å². The number of nitrogens with one attached hydrogen (secondary N) is 1. The van der Waals surface area contributed by atoms with Gasteiger partial charge in [0.05, 0.1) is 5.56 Å². The maximum atomic E-state index is 13.8. The standard InChI is InChI=1S/C13H14FN3O3/c1-13(2)12(20)16-10(18)6-17(13)11(19)8-4-3-7(15)5-9(8)14/h3-5H,6,15H2,1-2H3,(H,16,18,20). The summed E-state index contributed by atoms with van der Waals surface area (Å²) in [5, 5.41) is 2.14. The van der Waals surface area contributed by atoms with E-state index in [1.807, 2.05) is 0 Å². The third-order valence-corrected chi connectivity index (χ3v) is 3.25. The Labute approximate surface area is 114 Å². The highest BCUT2D eigenvalue weighted by Crippen LogP contribution is 2.23. The highest BCUT2D eigenvalue weighted by molar-refractivity contribution is 6.08. The van der Waals surface area contributed by atoms with Crippen LogP contribution in [0, 0.1) is 5.82 Å². The first-order valence-corrected chi connectivity index (χ1v) is 5.95. The smallest absolute Gasteiger partial charge is 0.258 e. The molecule has 3 N–H and O–H groups in total. The molecule has 0 unspecified atom stereocenters. The third-order valence-electron chi connectivity index (χ3n) is 3.25. The van der Waals surface area contributed by atoms with E-state index in [2.05, 4.69) is 5.32 Å². The van der Waals surface area contributed by atoms with Crippen LogP contribution in [-0.4, -0.2) is 34.7 Å². The summed E-state index contributed by atoms with van der Waals surface area (Å²) in [5.41, 5.74) is 4.14. The van der Waals surface area contributed by atoms with Gasteiger partial charge in [0.2, 0.25) is 5.91 Å². The van der Waals surface area contributed by atoms with Crippen LogP contribution in [0.5, 0.6) is 0 Å². The van der Waals surface area contributed by atoms with E-state index in [1.165, 1.54) is 26.0 Å². The highest BCUT2D eigenvalue weighted by Gasteiger charge is 2.44. The lowest BCUT2D eigenvalue weighted by atomic mass is 9.97. The maximum absolute atomic E-state index is 13.8. The Bertz CT molecular complexity index is 613. The number of halogens is 1. The molecule has 1 aromatic rings. The number of nitrogens with two attached hydrogens (primary N) is 1. The first kappa shape index (κ1) is 14.0. The van der Waals surface area contributed by atoms with Crippen LogP contribution in [-0.2, 0) is 9.59 Å². The van der Waals surface area contributed by atoms with E-state index < -0.39 is 29.1 Å². The van der Waals surface area contributed by atoms with Crippen molar-refractivity contribution in [3.8, 4) is 0 Å². The molecule has 6 nitrogen and oxygen atoms in total. The predicted octanol–water partition coefficient (Wildman–Crippen LogP) is 0.285. The monoisotopic (exact) mass is 279 g/mol. The van der Waals surface area contributed by atoms with E-state index in [4.69, 9.17) is 5.73 Å². The van der Waals surface area contributed by atoms with Gasteiger partial charge in [0, 0.05) is 5.69 Å². The summed E-state index contributed by atoms with van der Waals surface area (Å²) in [6.45, 7) is 2.67. The zero-order chi connectivity index (χ0) is 15.1. The van der Waals surface area contributed by atoms with Crippen LogP contribution in [0.1, 0.15) is 24.2 Å². The zero-order valence-electron chi connectivity index (χ0n) is 11.1. The molecule has 1 fully saturated rings. The number of hydrogen-bond acceptors (Lipinski definition) is 4. The number of imide groups is 1. The molecule has 1 aromatic carbocycles. The Balaban J connectivity index is 2.40. The fourth-order valence-electron chi connectivity index (χ4n) is 1.96. The van der Waals surface area contributed by atoms with Crippen LogP contribution in [0.4, 0.5) is 10.1 Å². The number of rotatable bonds is 1. The fourth-order valence-corrected chi connectivity index (χ4v) is 1.96. The molecule has 3 amide bonds. The lowest BCUT2D eigenvalue weighted by Gasteiger charge is -2.40. The van der Waals surface area contributed by atoms with Gasteiger partial charge in [0.1, 0.15) is 17.9 Å². The van der Waals surface area contributed by atoms with Crippen molar-refractivity contribution in [2.75, 3.05) is 12.3 Å². The minimum absolute atomic E-state index is 0.186. The Morgan fingerprint density at radius 1 is 1.40 bits per heavy atom. The van der Waals surface area contributed by atoms with Crippen LogP contribution in [0.3, 0.4) is 0 Å². The van der Waals surface area contributed by atoms with Crippen LogP contribution < -0.4 is 11.1 Å². The fraction of sp³-hybridized carbons (Fsp3) is 0.308. The number of hydrogen-bond donors (Lipinski definition) is 2. The molecule has 0 saturated carbocycles. The molecule has 106 valence electrons. The first-order valence-electron chi connectivity index (χ1n) is 5.95. The number of carbonyl (C=O) groups excluding carboxylic acids is 3. The van der Waals surface area contributed by atoms with Crippen molar-refractivity contribution in [2.24, 2.45) is 0 Å². The van der Waals surface area contributed by atoms with Gasteiger partial charge in [-0.1, -0.05) is 0 Å². The second kappa shape index (κ2) is 4.59. The largest absolute Gasteiger partial charge is 0.399 e. The van der Waals surface area contributed by atoms with Crippen LogP contribution in [0.25, 0.3) is 0 Å². The summed E-state index contributed by atoms with van der Waals surface area (Å²) < 4.78 is 13.8. The van der Waals surface area contributed by atoms with Gasteiger partial charge in [-0.15, -0.1) is 0 Å². The van der Waals surface area contributed by atoms with Gasteiger partial charge in [-0.3, -0.25) is 19.7 Å². The topological polar surface area (TPSA) is 92.5 Å². The molecule has 0 aromatic heterocycles. The molecule has 1 saturated heterocycles. The number of carbonyl (C=O) groups is 3. The van der Waals surface area contributed by atoms with E-state index in [0.29, 0.717) is 0 Å². The number of benzene rings is 1. The number of nitrogens with zero attached hydrogens (tertiary/aromatic N) is 1. The van der Waals surface area contributed by atoms with Gasteiger partial charge in [0.15, 0.2) is 0 Å². The third kappa shape index (κ3) is 2.22. The second-order valence-corrected chi connectivity index (χ2v) is 5.07. The van der Waals surface area contributed by atoms with E-state index in [-0.39, 0.29) is 17.8 Å². The molecule has 1 aliphatic heterocycles. The number of piperazine rings is 1. The molecule has 20 heavy (non-hydrogen) atoms. The summed E-state index contributed by atoms with van der Waals surface area (Å²) in [4.78, 5) is 36.6. The molecular weight excluding hydrogens is 265 g/mol. The Morgan fingerprint density at radius 2 is 2.05 bits per heavy atom. The average Bonchev–Trinajstić information content (AvgIpc) is 2.33. The lowest BCUT2D eigenvalue weighted by Crippen LogP contribution is -2.65. The van der Waals surface area contributed by atoms with Crippen molar-refractivity contribution in [2.45, 2.75) is 19.4 Å². The van der Waals surface area contributed by atoms with Gasteiger partial charge in [-0.05, 0) is 32.0 Å². The highest BCUT2D eigenvalue weighted by atomic mass is 19.1. The summed E-state index contributed by atoms with van der Waals surface area (Å²) in [6.07, 6.45) is 0. The van der Waals surface area contributed by atoms with Gasteiger partial charge in [-0.25, -0.2) is 4.39 Å². The van der Waals surface area contributed by atoms with Crippen LogP contribution in [0.2, 0.25) is 0 Å². The molecule has 0 bridgehead atoms. The van der Waals surface area contributed by atoms with E-state index in [9.17, 15) is 18.8 Å². The first-order chi connectivity index (χ1) is 9.23. The normalized spacial score (nSPS) is 17.9. The predicted molar refractivity (Wildman–Crippen MR) is 69.1 cm³/mol. The Kier molecular flexibility index (Phi) is 3.21. The number of anilines is 1. The van der Waals surface area contributed by atoms with Gasteiger partial charge >= 0.3 is 0 Å². The second-order valence-electron chi connectivity index (χ2n) is 5.07. The quantitative estimate of drug-likeness (QED) is 0.570.